The van der Waals surface area contributed by atoms with Crippen molar-refractivity contribution in [3.63, 3.8) is 0 Å². The number of carbonyl (C=O) groups is 2. The number of rotatable bonds is 3. The summed E-state index contributed by atoms with van der Waals surface area (Å²) >= 11 is 0. The van der Waals surface area contributed by atoms with Crippen LogP contribution in [0.2, 0.25) is 0 Å². The van der Waals surface area contributed by atoms with Gasteiger partial charge in [-0.2, -0.15) is 0 Å². The lowest BCUT2D eigenvalue weighted by atomic mass is 10.0. The van der Waals surface area contributed by atoms with E-state index in [4.69, 9.17) is 11.2 Å². The van der Waals surface area contributed by atoms with E-state index in [9.17, 15) is 9.59 Å². The van der Waals surface area contributed by atoms with Crippen molar-refractivity contribution < 1.29 is 14.3 Å². The highest BCUT2D eigenvalue weighted by atomic mass is 16.6. The molecule has 4 heteroatoms. The van der Waals surface area contributed by atoms with Gasteiger partial charge in [0, 0.05) is 12.0 Å². The zero-order valence-electron chi connectivity index (χ0n) is 11.3. The third-order valence-corrected chi connectivity index (χ3v) is 2.89. The molecule has 0 heterocycles. The van der Waals surface area contributed by atoms with E-state index in [1.54, 1.807) is 0 Å². The standard InChI is InChI=1S/C14H21NO3/c1-5-6-12(16)10-7-8-11(9-10)15-13(17)18-14(2,3)4/h1,10-11H,6-9H2,2-4H3,(H,15,17). The van der Waals surface area contributed by atoms with Crippen molar-refractivity contribution >= 4 is 11.9 Å². The van der Waals surface area contributed by atoms with Crippen LogP contribution in [0.15, 0.2) is 0 Å². The highest BCUT2D eigenvalue weighted by Gasteiger charge is 2.31. The molecule has 1 rings (SSSR count). The lowest BCUT2D eigenvalue weighted by Gasteiger charge is -2.21. The van der Waals surface area contributed by atoms with Crippen LogP contribution in [0.3, 0.4) is 0 Å². The summed E-state index contributed by atoms with van der Waals surface area (Å²) in [7, 11) is 0. The van der Waals surface area contributed by atoms with Crippen molar-refractivity contribution in [1.29, 1.82) is 0 Å². The Morgan fingerprint density at radius 1 is 1.39 bits per heavy atom. The molecule has 1 aliphatic carbocycles. The van der Waals surface area contributed by atoms with E-state index in [0.717, 1.165) is 12.8 Å². The summed E-state index contributed by atoms with van der Waals surface area (Å²) in [4.78, 5) is 23.2. The molecule has 1 aliphatic rings. The first kappa shape index (κ1) is 14.6. The quantitative estimate of drug-likeness (QED) is 0.783. The van der Waals surface area contributed by atoms with Crippen molar-refractivity contribution in [2.24, 2.45) is 5.92 Å². The van der Waals surface area contributed by atoms with Crippen molar-refractivity contribution in [1.82, 2.24) is 5.32 Å². The summed E-state index contributed by atoms with van der Waals surface area (Å²) in [5.74, 6) is 2.46. The number of ketones is 1. The molecule has 1 amide bonds. The Labute approximate surface area is 108 Å². The van der Waals surface area contributed by atoms with E-state index in [0.29, 0.717) is 6.42 Å². The van der Waals surface area contributed by atoms with Gasteiger partial charge in [0.2, 0.25) is 0 Å². The normalized spacial score (nSPS) is 23.2. The van der Waals surface area contributed by atoms with Gasteiger partial charge in [0.15, 0.2) is 0 Å². The highest BCUT2D eigenvalue weighted by Crippen LogP contribution is 2.27. The fourth-order valence-corrected chi connectivity index (χ4v) is 2.12. The van der Waals surface area contributed by atoms with Crippen LogP contribution in [0.4, 0.5) is 4.79 Å². The fourth-order valence-electron chi connectivity index (χ4n) is 2.12. The minimum atomic E-state index is -0.499. The Kier molecular flexibility index (Phi) is 4.77. The average molecular weight is 251 g/mol. The van der Waals surface area contributed by atoms with Gasteiger partial charge in [-0.25, -0.2) is 4.79 Å². The number of terminal acetylenes is 1. The van der Waals surface area contributed by atoms with Gasteiger partial charge < -0.3 is 10.1 Å². The molecule has 2 unspecified atom stereocenters. The van der Waals surface area contributed by atoms with E-state index in [1.807, 2.05) is 20.8 Å². The summed E-state index contributed by atoms with van der Waals surface area (Å²) < 4.78 is 5.18. The molecule has 0 aromatic heterocycles. The van der Waals surface area contributed by atoms with Gasteiger partial charge in [-0.05, 0) is 40.0 Å². The third-order valence-electron chi connectivity index (χ3n) is 2.89. The first-order valence-electron chi connectivity index (χ1n) is 6.27. The van der Waals surface area contributed by atoms with Crippen LogP contribution in [0.1, 0.15) is 46.5 Å². The van der Waals surface area contributed by atoms with Crippen LogP contribution in [-0.2, 0) is 9.53 Å². The van der Waals surface area contributed by atoms with Crippen molar-refractivity contribution in [2.75, 3.05) is 0 Å². The van der Waals surface area contributed by atoms with Gasteiger partial charge in [-0.1, -0.05) is 5.92 Å². The molecular formula is C14H21NO3. The Morgan fingerprint density at radius 3 is 2.61 bits per heavy atom. The zero-order valence-corrected chi connectivity index (χ0v) is 11.3. The first-order chi connectivity index (χ1) is 8.31. The molecule has 0 aromatic carbocycles. The number of hydrogen-bond donors (Lipinski definition) is 1. The maximum absolute atomic E-state index is 11.6. The van der Waals surface area contributed by atoms with Crippen molar-refractivity contribution in [2.45, 2.75) is 58.1 Å². The summed E-state index contributed by atoms with van der Waals surface area (Å²) in [5.41, 5.74) is -0.499. The van der Waals surface area contributed by atoms with E-state index < -0.39 is 11.7 Å². The molecule has 4 nitrogen and oxygen atoms in total. The number of Topliss-reactive ketones (excluding diaryl/α,β-unsaturated/α-hetero) is 1. The number of alkyl carbamates (subject to hydrolysis) is 1. The molecule has 0 bridgehead atoms. The largest absolute Gasteiger partial charge is 0.444 e. The predicted molar refractivity (Wildman–Crippen MR) is 69.0 cm³/mol. The van der Waals surface area contributed by atoms with Crippen LogP contribution >= 0.6 is 0 Å². The van der Waals surface area contributed by atoms with Crippen LogP contribution < -0.4 is 5.32 Å². The molecule has 100 valence electrons. The number of carbonyl (C=O) groups excluding carboxylic acids is 2. The van der Waals surface area contributed by atoms with Crippen LogP contribution in [0.25, 0.3) is 0 Å². The van der Waals surface area contributed by atoms with Gasteiger partial charge in [-0.15, -0.1) is 6.42 Å². The molecule has 1 saturated carbocycles. The molecule has 18 heavy (non-hydrogen) atoms. The van der Waals surface area contributed by atoms with E-state index in [1.165, 1.54) is 0 Å². The van der Waals surface area contributed by atoms with Crippen LogP contribution in [-0.4, -0.2) is 23.5 Å². The van der Waals surface area contributed by atoms with Gasteiger partial charge in [-0.3, -0.25) is 4.79 Å². The summed E-state index contributed by atoms with van der Waals surface area (Å²) in [6.45, 7) is 5.46. The molecule has 0 spiro atoms. The molecule has 0 aliphatic heterocycles. The van der Waals surface area contributed by atoms with Crippen molar-refractivity contribution in [3.8, 4) is 12.3 Å². The fraction of sp³-hybridized carbons (Fsp3) is 0.714. The second kappa shape index (κ2) is 5.90. The minimum absolute atomic E-state index is 0.0130. The Balaban J connectivity index is 2.37. The van der Waals surface area contributed by atoms with Crippen LogP contribution in [0.5, 0.6) is 0 Å². The highest BCUT2D eigenvalue weighted by molar-refractivity contribution is 5.83. The molecule has 1 N–H and O–H groups in total. The topological polar surface area (TPSA) is 55.4 Å². The number of nitrogens with one attached hydrogen (secondary N) is 1. The average Bonchev–Trinajstić information content (AvgIpc) is 2.63. The van der Waals surface area contributed by atoms with Crippen LogP contribution in [0, 0.1) is 18.3 Å². The van der Waals surface area contributed by atoms with Gasteiger partial charge in [0.05, 0.1) is 6.42 Å². The Hall–Kier alpha value is -1.50. The monoisotopic (exact) mass is 251 g/mol. The van der Waals surface area contributed by atoms with Gasteiger partial charge in [0.25, 0.3) is 0 Å². The number of hydrogen-bond acceptors (Lipinski definition) is 3. The summed E-state index contributed by atoms with van der Waals surface area (Å²) in [5, 5.41) is 2.80. The number of ether oxygens (including phenoxy) is 1. The molecule has 0 saturated heterocycles. The maximum Gasteiger partial charge on any atom is 0.407 e. The van der Waals surface area contributed by atoms with Gasteiger partial charge in [0.1, 0.15) is 11.4 Å². The molecule has 0 aromatic rings. The lowest BCUT2D eigenvalue weighted by molar-refractivity contribution is -0.121. The SMILES string of the molecule is C#CCC(=O)C1CCC(NC(=O)OC(C)(C)C)C1. The smallest absolute Gasteiger partial charge is 0.407 e. The maximum atomic E-state index is 11.6. The summed E-state index contributed by atoms with van der Waals surface area (Å²) in [6.07, 6.45) is 7.15. The third kappa shape index (κ3) is 4.79. The van der Waals surface area contributed by atoms with E-state index in [2.05, 4.69) is 11.2 Å². The molecular weight excluding hydrogens is 230 g/mol. The Bertz CT molecular complexity index is 362. The van der Waals surface area contributed by atoms with E-state index in [-0.39, 0.29) is 24.2 Å². The predicted octanol–water partition coefficient (Wildman–Crippen LogP) is 2.27. The van der Waals surface area contributed by atoms with E-state index >= 15 is 0 Å². The number of amides is 1. The second-order valence-corrected chi connectivity index (χ2v) is 5.70. The lowest BCUT2D eigenvalue weighted by Crippen LogP contribution is -2.38. The molecule has 1 fully saturated rings. The minimum Gasteiger partial charge on any atom is -0.444 e. The van der Waals surface area contributed by atoms with Crippen molar-refractivity contribution in [3.05, 3.63) is 0 Å². The van der Waals surface area contributed by atoms with Gasteiger partial charge >= 0.3 is 6.09 Å². The summed E-state index contributed by atoms with van der Waals surface area (Å²) in [6, 6.07) is 0.0200. The first-order valence-corrected chi connectivity index (χ1v) is 6.27. The molecule has 0 radical (unpaired) electrons. The zero-order chi connectivity index (χ0) is 13.8. The Morgan fingerprint density at radius 2 is 2.06 bits per heavy atom. The molecule has 2 atom stereocenters. The second-order valence-electron chi connectivity index (χ2n) is 5.70.